The molecule has 0 N–H and O–H groups in total. The zero-order valence-corrected chi connectivity index (χ0v) is 14.9. The second-order valence-electron chi connectivity index (χ2n) is 5.29. The standard InChI is InChI=1S/C20H20O6/c1-23-13-15-4-8-16(9-5-15)20(22)26-17-10-6-14(12-18(17)24-2)7-11-19(21)25-3/h4-12H,13H2,1-3H3/b11-7+. The molecular weight excluding hydrogens is 336 g/mol. The molecule has 6 heteroatoms. The lowest BCUT2D eigenvalue weighted by Crippen LogP contribution is -2.09. The smallest absolute Gasteiger partial charge is 0.343 e. The van der Waals surface area contributed by atoms with Crippen LogP contribution >= 0.6 is 0 Å². The molecular formula is C20H20O6. The van der Waals surface area contributed by atoms with Crippen LogP contribution in [0.2, 0.25) is 0 Å². The molecule has 2 aromatic rings. The van der Waals surface area contributed by atoms with Crippen molar-refractivity contribution in [1.82, 2.24) is 0 Å². The second kappa shape index (κ2) is 9.39. The Morgan fingerprint density at radius 2 is 1.69 bits per heavy atom. The van der Waals surface area contributed by atoms with Crippen molar-refractivity contribution >= 4 is 18.0 Å². The number of hydrogen-bond acceptors (Lipinski definition) is 6. The molecule has 0 aliphatic rings. The Hall–Kier alpha value is -3.12. The highest BCUT2D eigenvalue weighted by Crippen LogP contribution is 2.29. The Bertz CT molecular complexity index is 792. The van der Waals surface area contributed by atoms with Crippen molar-refractivity contribution in [3.8, 4) is 11.5 Å². The van der Waals surface area contributed by atoms with Gasteiger partial charge in [-0.3, -0.25) is 0 Å². The third-order valence-electron chi connectivity index (χ3n) is 3.50. The molecule has 0 unspecified atom stereocenters. The van der Waals surface area contributed by atoms with Crippen LogP contribution in [0.3, 0.4) is 0 Å². The number of esters is 2. The van der Waals surface area contributed by atoms with Gasteiger partial charge in [-0.2, -0.15) is 0 Å². The van der Waals surface area contributed by atoms with Crippen molar-refractivity contribution in [3.63, 3.8) is 0 Å². The van der Waals surface area contributed by atoms with Crippen LogP contribution < -0.4 is 9.47 Å². The van der Waals surface area contributed by atoms with Gasteiger partial charge in [0.25, 0.3) is 0 Å². The summed E-state index contributed by atoms with van der Waals surface area (Å²) in [5.41, 5.74) is 2.08. The molecule has 6 nitrogen and oxygen atoms in total. The Balaban J connectivity index is 2.13. The zero-order chi connectivity index (χ0) is 18.9. The third-order valence-corrected chi connectivity index (χ3v) is 3.50. The molecule has 136 valence electrons. The summed E-state index contributed by atoms with van der Waals surface area (Å²) in [4.78, 5) is 23.5. The molecule has 0 bridgehead atoms. The summed E-state index contributed by atoms with van der Waals surface area (Å²) in [6, 6.07) is 11.9. The van der Waals surface area contributed by atoms with E-state index < -0.39 is 11.9 Å². The fraction of sp³-hybridized carbons (Fsp3) is 0.200. The van der Waals surface area contributed by atoms with E-state index in [0.717, 1.165) is 5.56 Å². The van der Waals surface area contributed by atoms with E-state index in [1.165, 1.54) is 20.3 Å². The van der Waals surface area contributed by atoms with E-state index in [0.29, 0.717) is 23.5 Å². The summed E-state index contributed by atoms with van der Waals surface area (Å²) in [6.07, 6.45) is 2.87. The summed E-state index contributed by atoms with van der Waals surface area (Å²) in [5, 5.41) is 0. The van der Waals surface area contributed by atoms with Crippen molar-refractivity contribution in [2.24, 2.45) is 0 Å². The molecule has 0 saturated heterocycles. The molecule has 0 radical (unpaired) electrons. The number of carbonyl (C=O) groups is 2. The number of methoxy groups -OCH3 is 3. The minimum absolute atomic E-state index is 0.286. The van der Waals surface area contributed by atoms with Crippen LogP contribution in [0.5, 0.6) is 11.5 Å². The van der Waals surface area contributed by atoms with E-state index in [9.17, 15) is 9.59 Å². The van der Waals surface area contributed by atoms with Crippen LogP contribution in [0.1, 0.15) is 21.5 Å². The highest BCUT2D eigenvalue weighted by atomic mass is 16.6. The minimum atomic E-state index is -0.495. The first-order valence-corrected chi connectivity index (χ1v) is 7.81. The van der Waals surface area contributed by atoms with Crippen molar-refractivity contribution in [1.29, 1.82) is 0 Å². The lowest BCUT2D eigenvalue weighted by Gasteiger charge is -2.10. The molecule has 2 rings (SSSR count). The van der Waals surface area contributed by atoms with Gasteiger partial charge in [-0.05, 0) is 41.5 Å². The lowest BCUT2D eigenvalue weighted by atomic mass is 10.1. The van der Waals surface area contributed by atoms with Crippen molar-refractivity contribution in [2.45, 2.75) is 6.61 Å². The summed E-state index contributed by atoms with van der Waals surface area (Å²) >= 11 is 0. The van der Waals surface area contributed by atoms with Gasteiger partial charge in [0.2, 0.25) is 0 Å². The summed E-state index contributed by atoms with van der Waals surface area (Å²) in [5.74, 6) is -0.295. The Morgan fingerprint density at radius 1 is 0.962 bits per heavy atom. The normalized spacial score (nSPS) is 10.6. The molecule has 2 aromatic carbocycles. The quantitative estimate of drug-likeness (QED) is 0.431. The molecule has 26 heavy (non-hydrogen) atoms. The van der Waals surface area contributed by atoms with Gasteiger partial charge in [0.05, 0.1) is 26.4 Å². The monoisotopic (exact) mass is 356 g/mol. The summed E-state index contributed by atoms with van der Waals surface area (Å²) < 4.78 is 20.3. The molecule has 0 saturated carbocycles. The predicted octanol–water partition coefficient (Wildman–Crippen LogP) is 3.25. The summed E-state index contributed by atoms with van der Waals surface area (Å²) in [7, 11) is 4.39. The molecule has 0 atom stereocenters. The molecule has 0 heterocycles. The third kappa shape index (κ3) is 5.19. The first-order valence-electron chi connectivity index (χ1n) is 7.81. The number of benzene rings is 2. The van der Waals surface area contributed by atoms with Crippen LogP contribution in [-0.4, -0.2) is 33.3 Å². The Labute approximate surface area is 151 Å². The molecule has 0 amide bonds. The van der Waals surface area contributed by atoms with E-state index in [1.807, 2.05) is 0 Å². The predicted molar refractivity (Wildman–Crippen MR) is 96.2 cm³/mol. The minimum Gasteiger partial charge on any atom is -0.493 e. The Kier molecular flexibility index (Phi) is 6.93. The summed E-state index contributed by atoms with van der Waals surface area (Å²) in [6.45, 7) is 0.476. The van der Waals surface area contributed by atoms with E-state index in [-0.39, 0.29) is 5.75 Å². The maximum Gasteiger partial charge on any atom is 0.343 e. The highest BCUT2D eigenvalue weighted by molar-refractivity contribution is 5.91. The molecule has 0 aliphatic heterocycles. The lowest BCUT2D eigenvalue weighted by molar-refractivity contribution is -0.134. The topological polar surface area (TPSA) is 71.1 Å². The molecule has 0 fully saturated rings. The fourth-order valence-electron chi connectivity index (χ4n) is 2.17. The van der Waals surface area contributed by atoms with Crippen molar-refractivity contribution in [2.75, 3.05) is 21.3 Å². The number of ether oxygens (including phenoxy) is 4. The van der Waals surface area contributed by atoms with Crippen molar-refractivity contribution in [3.05, 3.63) is 65.2 Å². The number of hydrogen-bond donors (Lipinski definition) is 0. The molecule has 0 aliphatic carbocycles. The van der Waals surface area contributed by atoms with Gasteiger partial charge in [0, 0.05) is 13.2 Å². The number of carbonyl (C=O) groups excluding carboxylic acids is 2. The van der Waals surface area contributed by atoms with E-state index >= 15 is 0 Å². The van der Waals surface area contributed by atoms with E-state index in [2.05, 4.69) is 4.74 Å². The van der Waals surface area contributed by atoms with Gasteiger partial charge in [-0.25, -0.2) is 9.59 Å². The average molecular weight is 356 g/mol. The van der Waals surface area contributed by atoms with Gasteiger partial charge in [0.15, 0.2) is 11.5 Å². The van der Waals surface area contributed by atoms with E-state index in [1.54, 1.807) is 55.7 Å². The average Bonchev–Trinajstić information content (AvgIpc) is 2.67. The highest BCUT2D eigenvalue weighted by Gasteiger charge is 2.13. The maximum atomic E-state index is 12.3. The first-order chi connectivity index (χ1) is 12.6. The van der Waals surface area contributed by atoms with Crippen LogP contribution in [0.25, 0.3) is 6.08 Å². The Morgan fingerprint density at radius 3 is 2.31 bits per heavy atom. The van der Waals surface area contributed by atoms with Crippen LogP contribution in [0.4, 0.5) is 0 Å². The zero-order valence-electron chi connectivity index (χ0n) is 14.9. The first kappa shape index (κ1) is 19.2. The van der Waals surface area contributed by atoms with Gasteiger partial charge < -0.3 is 18.9 Å². The van der Waals surface area contributed by atoms with Gasteiger partial charge in [-0.1, -0.05) is 18.2 Å². The largest absolute Gasteiger partial charge is 0.493 e. The van der Waals surface area contributed by atoms with Crippen LogP contribution in [-0.2, 0) is 20.9 Å². The molecule has 0 aromatic heterocycles. The van der Waals surface area contributed by atoms with Gasteiger partial charge >= 0.3 is 11.9 Å². The molecule has 0 spiro atoms. The second-order valence-corrected chi connectivity index (χ2v) is 5.29. The SMILES string of the molecule is COCc1ccc(C(=O)Oc2ccc(/C=C/C(=O)OC)cc2OC)cc1. The van der Waals surface area contributed by atoms with Gasteiger partial charge in [0.1, 0.15) is 0 Å². The fourth-order valence-corrected chi connectivity index (χ4v) is 2.17. The van der Waals surface area contributed by atoms with Gasteiger partial charge in [-0.15, -0.1) is 0 Å². The van der Waals surface area contributed by atoms with Crippen LogP contribution in [0.15, 0.2) is 48.5 Å². The van der Waals surface area contributed by atoms with Crippen LogP contribution in [0, 0.1) is 0 Å². The van der Waals surface area contributed by atoms with Crippen molar-refractivity contribution < 1.29 is 28.5 Å². The van der Waals surface area contributed by atoms with E-state index in [4.69, 9.17) is 14.2 Å². The number of rotatable bonds is 7. The maximum absolute atomic E-state index is 12.3.